The minimum atomic E-state index is -0.435. The van der Waals surface area contributed by atoms with E-state index >= 15 is 0 Å². The maximum Gasteiger partial charge on any atom is 0.224 e. The van der Waals surface area contributed by atoms with E-state index in [0.29, 0.717) is 6.42 Å². The number of rotatable bonds is 4. The number of halogens is 1. The van der Waals surface area contributed by atoms with E-state index in [1.807, 2.05) is 25.1 Å². The summed E-state index contributed by atoms with van der Waals surface area (Å²) in [5.74, 6) is 0.0843. The number of nitrogens with one attached hydrogen (secondary N) is 2. The third-order valence-electron chi connectivity index (χ3n) is 3.42. The van der Waals surface area contributed by atoms with E-state index < -0.39 is 5.82 Å². The number of aromatic amines is 1. The number of benzene rings is 2. The molecule has 1 heterocycles. The summed E-state index contributed by atoms with van der Waals surface area (Å²) in [7, 11) is 0. The minimum Gasteiger partial charge on any atom is -0.342 e. The molecular formula is C17H16FN3O. The Kier molecular flexibility index (Phi) is 3.87. The number of nitrogens with zero attached hydrogens (tertiary/aromatic N) is 1. The van der Waals surface area contributed by atoms with Crippen molar-refractivity contribution >= 4 is 22.6 Å². The highest BCUT2D eigenvalue weighted by Gasteiger charge is 2.09. The molecule has 0 atom stereocenters. The lowest BCUT2D eigenvalue weighted by atomic mass is 10.2. The van der Waals surface area contributed by atoms with Crippen molar-refractivity contribution in [1.82, 2.24) is 9.97 Å². The number of H-pyrrole nitrogens is 1. The smallest absolute Gasteiger partial charge is 0.224 e. The normalized spacial score (nSPS) is 10.8. The molecule has 0 fully saturated rings. The first-order chi connectivity index (χ1) is 10.6. The van der Waals surface area contributed by atoms with Crippen LogP contribution in [0.3, 0.4) is 0 Å². The van der Waals surface area contributed by atoms with Crippen LogP contribution >= 0.6 is 0 Å². The molecule has 0 unspecified atom stereocenters. The molecule has 0 aliphatic heterocycles. The zero-order valence-electron chi connectivity index (χ0n) is 12.2. The molecule has 0 bridgehead atoms. The van der Waals surface area contributed by atoms with Crippen LogP contribution in [0.5, 0.6) is 0 Å². The van der Waals surface area contributed by atoms with Gasteiger partial charge < -0.3 is 10.3 Å². The third-order valence-corrected chi connectivity index (χ3v) is 3.42. The van der Waals surface area contributed by atoms with E-state index in [1.165, 1.54) is 12.1 Å². The van der Waals surface area contributed by atoms with Crippen molar-refractivity contribution in [3.8, 4) is 0 Å². The number of aromatic nitrogens is 2. The van der Waals surface area contributed by atoms with E-state index in [4.69, 9.17) is 0 Å². The Bertz CT molecular complexity index is 826. The van der Waals surface area contributed by atoms with Crippen molar-refractivity contribution in [2.24, 2.45) is 0 Å². The van der Waals surface area contributed by atoms with Gasteiger partial charge >= 0.3 is 0 Å². The topological polar surface area (TPSA) is 57.8 Å². The van der Waals surface area contributed by atoms with Gasteiger partial charge in [0.1, 0.15) is 11.6 Å². The fourth-order valence-corrected chi connectivity index (χ4v) is 2.30. The molecule has 5 heteroatoms. The van der Waals surface area contributed by atoms with Crippen molar-refractivity contribution in [2.45, 2.75) is 19.8 Å². The molecule has 3 aromatic rings. The Labute approximate surface area is 127 Å². The van der Waals surface area contributed by atoms with Crippen LogP contribution in [0.4, 0.5) is 10.1 Å². The molecule has 2 aromatic carbocycles. The highest BCUT2D eigenvalue weighted by atomic mass is 19.1. The summed E-state index contributed by atoms with van der Waals surface area (Å²) < 4.78 is 13.5. The Morgan fingerprint density at radius 3 is 2.91 bits per heavy atom. The number of hydrogen-bond acceptors (Lipinski definition) is 2. The Balaban J connectivity index is 1.63. The molecule has 0 saturated heterocycles. The minimum absolute atomic E-state index is 0.202. The van der Waals surface area contributed by atoms with Crippen molar-refractivity contribution in [3.05, 3.63) is 59.7 Å². The quantitative estimate of drug-likeness (QED) is 0.773. The predicted octanol–water partition coefficient (Wildman–Crippen LogP) is 3.58. The fourth-order valence-electron chi connectivity index (χ4n) is 2.30. The first kappa shape index (κ1) is 14.3. The Hall–Kier alpha value is -2.69. The van der Waals surface area contributed by atoms with E-state index in [1.54, 1.807) is 12.1 Å². The second kappa shape index (κ2) is 5.97. The first-order valence-corrected chi connectivity index (χ1v) is 7.11. The molecule has 0 spiro atoms. The number of para-hydroxylation sites is 1. The van der Waals surface area contributed by atoms with Gasteiger partial charge in [-0.1, -0.05) is 18.2 Å². The molecule has 1 aromatic heterocycles. The summed E-state index contributed by atoms with van der Waals surface area (Å²) in [5, 5.41) is 2.57. The number of carbonyl (C=O) groups is 1. The van der Waals surface area contributed by atoms with Crippen molar-refractivity contribution in [3.63, 3.8) is 0 Å². The molecule has 112 valence electrons. The first-order valence-electron chi connectivity index (χ1n) is 7.11. The zero-order chi connectivity index (χ0) is 15.5. The van der Waals surface area contributed by atoms with Crippen LogP contribution in [0.1, 0.15) is 17.8 Å². The number of aryl methyl sites for hydroxylation is 2. The molecular weight excluding hydrogens is 281 g/mol. The Morgan fingerprint density at radius 2 is 2.09 bits per heavy atom. The predicted molar refractivity (Wildman–Crippen MR) is 84.2 cm³/mol. The average Bonchev–Trinajstić information content (AvgIpc) is 2.89. The lowest BCUT2D eigenvalue weighted by Crippen LogP contribution is -2.13. The number of hydrogen-bond donors (Lipinski definition) is 2. The largest absolute Gasteiger partial charge is 0.342 e. The fraction of sp³-hybridized carbons (Fsp3) is 0.176. The van der Waals surface area contributed by atoms with E-state index in [-0.39, 0.29) is 18.0 Å². The second-order valence-electron chi connectivity index (χ2n) is 5.23. The summed E-state index contributed by atoms with van der Waals surface area (Å²) in [6.45, 7) is 2.02. The van der Waals surface area contributed by atoms with Gasteiger partial charge in [0.2, 0.25) is 5.91 Å². The van der Waals surface area contributed by atoms with Crippen LogP contribution in [0.2, 0.25) is 0 Å². The number of anilines is 1. The van der Waals surface area contributed by atoms with Crippen LogP contribution in [0, 0.1) is 12.7 Å². The number of amides is 1. The second-order valence-corrected chi connectivity index (χ2v) is 5.23. The lowest BCUT2D eigenvalue weighted by Gasteiger charge is -2.05. The highest BCUT2D eigenvalue weighted by molar-refractivity contribution is 5.90. The van der Waals surface area contributed by atoms with Gasteiger partial charge in [0.15, 0.2) is 0 Å². The van der Waals surface area contributed by atoms with Gasteiger partial charge in [-0.25, -0.2) is 9.37 Å². The molecule has 0 aliphatic rings. The average molecular weight is 297 g/mol. The molecule has 4 nitrogen and oxygen atoms in total. The summed E-state index contributed by atoms with van der Waals surface area (Å²) in [6.07, 6.45) is 0.723. The van der Waals surface area contributed by atoms with Crippen molar-refractivity contribution in [2.75, 3.05) is 5.32 Å². The molecule has 0 aliphatic carbocycles. The van der Waals surface area contributed by atoms with E-state index in [2.05, 4.69) is 15.3 Å². The molecule has 22 heavy (non-hydrogen) atoms. The van der Waals surface area contributed by atoms with Crippen molar-refractivity contribution < 1.29 is 9.18 Å². The SMILES string of the molecule is Cc1ccc2nc(CCC(=O)Nc3ccccc3F)[nH]c2c1. The highest BCUT2D eigenvalue weighted by Crippen LogP contribution is 2.15. The summed E-state index contributed by atoms with van der Waals surface area (Å²) in [4.78, 5) is 19.5. The standard InChI is InChI=1S/C17H16FN3O/c1-11-6-7-14-15(10-11)20-16(19-14)8-9-17(22)21-13-5-3-2-4-12(13)18/h2-7,10H,8-9H2,1H3,(H,19,20)(H,21,22). The van der Waals surface area contributed by atoms with Crippen molar-refractivity contribution in [1.29, 1.82) is 0 Å². The zero-order valence-corrected chi connectivity index (χ0v) is 12.2. The van der Waals surface area contributed by atoms with E-state index in [9.17, 15) is 9.18 Å². The summed E-state index contributed by atoms with van der Waals surface area (Å²) >= 11 is 0. The molecule has 3 rings (SSSR count). The molecule has 0 radical (unpaired) electrons. The van der Waals surface area contributed by atoms with Gasteiger partial charge in [0.05, 0.1) is 16.7 Å². The number of carbonyl (C=O) groups excluding carboxylic acids is 1. The van der Waals surface area contributed by atoms with Gasteiger partial charge in [0.25, 0.3) is 0 Å². The van der Waals surface area contributed by atoms with Gasteiger partial charge in [-0.3, -0.25) is 4.79 Å². The lowest BCUT2D eigenvalue weighted by molar-refractivity contribution is -0.116. The molecule has 0 saturated carbocycles. The number of imidazole rings is 1. The molecule has 1 amide bonds. The van der Waals surface area contributed by atoms with Gasteiger partial charge in [0, 0.05) is 12.8 Å². The number of fused-ring (bicyclic) bond motifs is 1. The van der Waals surface area contributed by atoms with Crippen LogP contribution < -0.4 is 5.32 Å². The monoisotopic (exact) mass is 297 g/mol. The summed E-state index contributed by atoms with van der Waals surface area (Å²) in [6, 6.07) is 12.1. The van der Waals surface area contributed by atoms with Crippen LogP contribution in [0.25, 0.3) is 11.0 Å². The van der Waals surface area contributed by atoms with Crippen LogP contribution in [-0.4, -0.2) is 15.9 Å². The van der Waals surface area contributed by atoms with Crippen LogP contribution in [-0.2, 0) is 11.2 Å². The third kappa shape index (κ3) is 3.14. The van der Waals surface area contributed by atoms with E-state index in [0.717, 1.165) is 22.4 Å². The maximum absolute atomic E-state index is 13.5. The van der Waals surface area contributed by atoms with Gasteiger partial charge in [-0.15, -0.1) is 0 Å². The van der Waals surface area contributed by atoms with Crippen LogP contribution in [0.15, 0.2) is 42.5 Å². The maximum atomic E-state index is 13.5. The Morgan fingerprint density at radius 1 is 1.27 bits per heavy atom. The summed E-state index contributed by atoms with van der Waals surface area (Å²) in [5.41, 5.74) is 3.20. The van der Waals surface area contributed by atoms with Gasteiger partial charge in [-0.05, 0) is 36.8 Å². The van der Waals surface area contributed by atoms with Gasteiger partial charge in [-0.2, -0.15) is 0 Å². The molecule has 2 N–H and O–H groups in total.